The largest absolute Gasteiger partial charge is 0.475 e. The molecular formula is C24H29Cl2N7O4. The number of nitrogens with two attached hydrogens (primary N) is 1. The number of halogens is 2. The van der Waals surface area contributed by atoms with Gasteiger partial charge in [0.15, 0.2) is 0 Å². The van der Waals surface area contributed by atoms with Gasteiger partial charge in [0.2, 0.25) is 5.88 Å². The van der Waals surface area contributed by atoms with E-state index in [4.69, 9.17) is 38.4 Å². The number of aromatic nitrogens is 2. The number of methoxy groups -OCH3 is 1. The van der Waals surface area contributed by atoms with E-state index in [1.54, 1.807) is 40.6 Å². The summed E-state index contributed by atoms with van der Waals surface area (Å²) in [5.74, 6) is -0.536. The lowest BCUT2D eigenvalue weighted by atomic mass is 9.94. The molecule has 0 atom stereocenters. The number of rotatable bonds is 10. The van der Waals surface area contributed by atoms with Gasteiger partial charge in [0.25, 0.3) is 11.9 Å². The van der Waals surface area contributed by atoms with Crippen molar-refractivity contribution < 1.29 is 19.5 Å². The van der Waals surface area contributed by atoms with Crippen molar-refractivity contribution in [2.24, 2.45) is 11.7 Å². The summed E-state index contributed by atoms with van der Waals surface area (Å²) in [4.78, 5) is 23.2. The van der Waals surface area contributed by atoms with Gasteiger partial charge in [-0.25, -0.2) is 15.1 Å². The standard InChI is InChI=1S/C24H29Cl2N7O4/c1-15(2)30-12-16(13-30)20-14-31(7-8-32(20)35)33(21-18(25)5-4-6-19(21)26)24-28-11-17(22(27)34)23(29-24)37-10-9-36-3/h4-8,11,14-16,35H,9-10,12-13H2,1-3H3,(H2,27,34). The van der Waals surface area contributed by atoms with Gasteiger partial charge in [-0.1, -0.05) is 29.3 Å². The van der Waals surface area contributed by atoms with Crippen LogP contribution in [0.15, 0.2) is 48.7 Å². The summed E-state index contributed by atoms with van der Waals surface area (Å²) in [5.41, 5.74) is 6.60. The Kier molecular flexibility index (Phi) is 8.40. The van der Waals surface area contributed by atoms with Crippen LogP contribution in [-0.4, -0.2) is 75.5 Å². The minimum absolute atomic E-state index is 0.0109. The fraction of sp³-hybridized carbons (Fsp3) is 0.375. The number of primary amides is 1. The summed E-state index contributed by atoms with van der Waals surface area (Å²) in [6.07, 6.45) is 6.17. The molecule has 0 unspecified atom stereocenters. The van der Waals surface area contributed by atoms with E-state index in [0.29, 0.717) is 27.5 Å². The van der Waals surface area contributed by atoms with Crippen LogP contribution in [0.25, 0.3) is 0 Å². The van der Waals surface area contributed by atoms with Crippen molar-refractivity contribution in [1.29, 1.82) is 0 Å². The third-order valence-corrected chi connectivity index (χ3v) is 6.66. The van der Waals surface area contributed by atoms with Crippen LogP contribution in [0.4, 0.5) is 11.6 Å². The quantitative estimate of drug-likeness (QED) is 0.425. The fourth-order valence-corrected chi connectivity index (χ4v) is 4.52. The van der Waals surface area contributed by atoms with Crippen LogP contribution in [-0.2, 0) is 4.74 Å². The number of hydrazine groups is 1. The Morgan fingerprint density at radius 2 is 1.95 bits per heavy atom. The van der Waals surface area contributed by atoms with E-state index in [0.717, 1.165) is 18.2 Å². The Balaban J connectivity index is 1.78. The minimum atomic E-state index is -0.739. The van der Waals surface area contributed by atoms with Crippen LogP contribution < -0.4 is 15.5 Å². The highest BCUT2D eigenvalue weighted by Gasteiger charge is 2.36. The van der Waals surface area contributed by atoms with Crippen molar-refractivity contribution in [2.45, 2.75) is 19.9 Å². The molecule has 1 aromatic heterocycles. The van der Waals surface area contributed by atoms with Crippen LogP contribution in [0.2, 0.25) is 10.0 Å². The molecule has 2 aliphatic heterocycles. The molecule has 0 aliphatic carbocycles. The van der Waals surface area contributed by atoms with E-state index in [9.17, 15) is 10.0 Å². The first kappa shape index (κ1) is 27.0. The van der Waals surface area contributed by atoms with Gasteiger partial charge in [-0.3, -0.25) is 19.9 Å². The van der Waals surface area contributed by atoms with Gasteiger partial charge in [-0.05, 0) is 26.0 Å². The number of amides is 1. The highest BCUT2D eigenvalue weighted by molar-refractivity contribution is 6.39. The Morgan fingerprint density at radius 3 is 2.57 bits per heavy atom. The van der Waals surface area contributed by atoms with Crippen LogP contribution in [0.5, 0.6) is 5.88 Å². The zero-order chi connectivity index (χ0) is 26.7. The lowest BCUT2D eigenvalue weighted by molar-refractivity contribution is -0.0432. The van der Waals surface area contributed by atoms with Gasteiger partial charge < -0.3 is 15.2 Å². The molecule has 3 N–H and O–H groups in total. The van der Waals surface area contributed by atoms with E-state index < -0.39 is 5.91 Å². The summed E-state index contributed by atoms with van der Waals surface area (Å²) in [5, 5.41) is 15.6. The molecule has 198 valence electrons. The number of ether oxygens (including phenoxy) is 2. The molecule has 11 nitrogen and oxygen atoms in total. The van der Waals surface area contributed by atoms with Crippen molar-refractivity contribution in [3.8, 4) is 5.88 Å². The third-order valence-electron chi connectivity index (χ3n) is 6.05. The molecule has 1 fully saturated rings. The van der Waals surface area contributed by atoms with Gasteiger partial charge in [-0.2, -0.15) is 4.98 Å². The van der Waals surface area contributed by atoms with E-state index in [1.807, 2.05) is 0 Å². The van der Waals surface area contributed by atoms with Crippen molar-refractivity contribution >= 4 is 40.7 Å². The molecule has 0 radical (unpaired) electrons. The molecule has 0 spiro atoms. The topological polar surface area (TPSA) is 121 Å². The summed E-state index contributed by atoms with van der Waals surface area (Å²) in [6, 6.07) is 5.51. The summed E-state index contributed by atoms with van der Waals surface area (Å²) in [7, 11) is 1.53. The van der Waals surface area contributed by atoms with Crippen LogP contribution in [0, 0.1) is 5.92 Å². The van der Waals surface area contributed by atoms with Gasteiger partial charge in [0.1, 0.15) is 17.9 Å². The summed E-state index contributed by atoms with van der Waals surface area (Å²) >= 11 is 13.2. The zero-order valence-corrected chi connectivity index (χ0v) is 22.2. The maximum Gasteiger partial charge on any atom is 0.255 e. The van der Waals surface area contributed by atoms with E-state index in [1.165, 1.54) is 19.5 Å². The van der Waals surface area contributed by atoms with E-state index >= 15 is 0 Å². The second-order valence-electron chi connectivity index (χ2n) is 8.80. The molecule has 13 heteroatoms. The lowest BCUT2D eigenvalue weighted by Crippen LogP contribution is -2.53. The molecule has 0 saturated carbocycles. The van der Waals surface area contributed by atoms with Crippen molar-refractivity contribution in [1.82, 2.24) is 24.9 Å². The first-order chi connectivity index (χ1) is 17.7. The van der Waals surface area contributed by atoms with Gasteiger partial charge >= 0.3 is 0 Å². The first-order valence-electron chi connectivity index (χ1n) is 11.6. The molecule has 3 heterocycles. The second kappa shape index (κ2) is 11.5. The van der Waals surface area contributed by atoms with Crippen molar-refractivity contribution in [2.75, 3.05) is 38.4 Å². The Labute approximate surface area is 225 Å². The first-order valence-corrected chi connectivity index (χ1v) is 12.4. The number of benzene rings is 1. The molecule has 1 saturated heterocycles. The SMILES string of the molecule is COCCOc1nc(N(c2c(Cl)cccc2Cl)N2C=CN(O)C(C3CN(C(C)C)C3)=C2)ncc1C(N)=O. The lowest BCUT2D eigenvalue weighted by Gasteiger charge is -2.45. The maximum atomic E-state index is 12.0. The van der Waals surface area contributed by atoms with Crippen LogP contribution in [0.1, 0.15) is 24.2 Å². The zero-order valence-electron chi connectivity index (χ0n) is 20.7. The summed E-state index contributed by atoms with van der Waals surface area (Å²) in [6.45, 7) is 6.29. The molecule has 1 aromatic carbocycles. The van der Waals surface area contributed by atoms with E-state index in [2.05, 4.69) is 28.7 Å². The highest BCUT2D eigenvalue weighted by atomic mass is 35.5. The Morgan fingerprint density at radius 1 is 1.24 bits per heavy atom. The molecule has 2 aliphatic rings. The predicted octanol–water partition coefficient (Wildman–Crippen LogP) is 3.62. The number of anilines is 2. The maximum absolute atomic E-state index is 12.0. The number of likely N-dealkylation sites (tertiary alicyclic amines) is 1. The van der Waals surface area contributed by atoms with Crippen LogP contribution in [0.3, 0.4) is 0 Å². The van der Waals surface area contributed by atoms with E-state index in [-0.39, 0.29) is 36.5 Å². The van der Waals surface area contributed by atoms with Gasteiger partial charge in [-0.15, -0.1) is 0 Å². The fourth-order valence-electron chi connectivity index (χ4n) is 3.96. The molecule has 0 bridgehead atoms. The third kappa shape index (κ3) is 5.76. The van der Waals surface area contributed by atoms with Crippen molar-refractivity contribution in [3.63, 3.8) is 0 Å². The molecular weight excluding hydrogens is 521 g/mol. The predicted molar refractivity (Wildman–Crippen MR) is 139 cm³/mol. The van der Waals surface area contributed by atoms with Gasteiger partial charge in [0, 0.05) is 50.8 Å². The number of carbonyl (C=O) groups excluding carboxylic acids is 1. The number of carbonyl (C=O) groups is 1. The van der Waals surface area contributed by atoms with Gasteiger partial charge in [0.05, 0.1) is 28.5 Å². The Hall–Kier alpha value is -3.09. The minimum Gasteiger partial charge on any atom is -0.475 e. The highest BCUT2D eigenvalue weighted by Crippen LogP contribution is 2.40. The number of hydrogen-bond acceptors (Lipinski definition) is 10. The normalized spacial score (nSPS) is 16.1. The molecule has 2 aromatic rings. The molecule has 37 heavy (non-hydrogen) atoms. The number of hydroxylamine groups is 2. The molecule has 1 amide bonds. The number of hydrogen-bond donors (Lipinski definition) is 2. The average molecular weight is 550 g/mol. The molecule has 4 rings (SSSR count). The number of nitrogens with zero attached hydrogens (tertiary/aromatic N) is 6. The summed E-state index contributed by atoms with van der Waals surface area (Å²) < 4.78 is 10.7. The Bertz CT molecular complexity index is 1180. The van der Waals surface area contributed by atoms with Crippen LogP contribution >= 0.6 is 23.2 Å². The smallest absolute Gasteiger partial charge is 0.255 e. The monoisotopic (exact) mass is 549 g/mol. The number of para-hydroxylation sites is 1. The second-order valence-corrected chi connectivity index (χ2v) is 9.61. The average Bonchev–Trinajstić information content (AvgIpc) is 2.82. The van der Waals surface area contributed by atoms with Crippen molar-refractivity contribution in [3.05, 3.63) is 64.3 Å².